The van der Waals surface area contributed by atoms with E-state index in [4.69, 9.17) is 10.5 Å². The van der Waals surface area contributed by atoms with Crippen LogP contribution in [0.2, 0.25) is 0 Å². The lowest BCUT2D eigenvalue weighted by molar-refractivity contribution is 0.0991. The number of benzene rings is 1. The molecule has 1 aromatic carbocycles. The van der Waals surface area contributed by atoms with E-state index in [0.29, 0.717) is 0 Å². The largest absolute Gasteiger partial charge is 0.493 e. The number of primary amides is 1. The summed E-state index contributed by atoms with van der Waals surface area (Å²) in [5.41, 5.74) is 8.13. The first-order valence-corrected chi connectivity index (χ1v) is 5.85. The first-order chi connectivity index (χ1) is 8.74. The van der Waals surface area contributed by atoms with Crippen LogP contribution in [-0.2, 0) is 6.42 Å². The molecule has 1 aliphatic heterocycles. The third-order valence-electron chi connectivity index (χ3n) is 3.03. The van der Waals surface area contributed by atoms with Crippen molar-refractivity contribution in [2.45, 2.75) is 12.8 Å². The number of nitrogens with two attached hydrogens (primary N) is 1. The van der Waals surface area contributed by atoms with E-state index < -0.39 is 5.91 Å². The predicted octanol–water partition coefficient (Wildman–Crippen LogP) is 1.50. The Labute approximate surface area is 104 Å². The molecule has 2 heterocycles. The predicted molar refractivity (Wildman–Crippen MR) is 66.4 cm³/mol. The van der Waals surface area contributed by atoms with Crippen LogP contribution in [0.4, 0.5) is 0 Å². The molecule has 3 rings (SSSR count). The number of aryl methyl sites for hydroxylation is 1. The summed E-state index contributed by atoms with van der Waals surface area (Å²) in [4.78, 5) is 17.8. The number of nitrogens with one attached hydrogen (secondary N) is 1. The molecule has 0 unspecified atom stereocenters. The molecule has 2 aromatic rings. The second-order valence-corrected chi connectivity index (χ2v) is 4.28. The van der Waals surface area contributed by atoms with E-state index >= 15 is 0 Å². The number of rotatable bonds is 2. The van der Waals surface area contributed by atoms with Gasteiger partial charge in [-0.25, -0.2) is 4.98 Å². The van der Waals surface area contributed by atoms with Crippen LogP contribution in [-0.4, -0.2) is 22.5 Å². The number of hydrogen-bond donors (Lipinski definition) is 2. The zero-order valence-electron chi connectivity index (χ0n) is 9.77. The summed E-state index contributed by atoms with van der Waals surface area (Å²) in [5, 5.41) is 0. The number of nitrogens with zero attached hydrogens (tertiary/aromatic N) is 1. The van der Waals surface area contributed by atoms with E-state index in [-0.39, 0.29) is 5.82 Å². The van der Waals surface area contributed by atoms with Crippen LogP contribution >= 0.6 is 0 Å². The van der Waals surface area contributed by atoms with E-state index in [1.54, 1.807) is 6.20 Å². The highest BCUT2D eigenvalue weighted by atomic mass is 16.5. The summed E-state index contributed by atoms with van der Waals surface area (Å²) in [6, 6.07) is 5.96. The fraction of sp³-hybridized carbons (Fsp3) is 0.231. The van der Waals surface area contributed by atoms with E-state index in [2.05, 4.69) is 16.0 Å². The molecule has 1 aliphatic rings. The summed E-state index contributed by atoms with van der Waals surface area (Å²) in [5.74, 6) is 0.571. The summed E-state index contributed by atoms with van der Waals surface area (Å²) in [6.07, 6.45) is 3.66. The van der Waals surface area contributed by atoms with Crippen molar-refractivity contribution in [3.05, 3.63) is 35.8 Å². The summed E-state index contributed by atoms with van der Waals surface area (Å²) in [6.45, 7) is 0.780. The van der Waals surface area contributed by atoms with Gasteiger partial charge in [-0.15, -0.1) is 0 Å². The van der Waals surface area contributed by atoms with Gasteiger partial charge in [0.2, 0.25) is 0 Å². The fourth-order valence-corrected chi connectivity index (χ4v) is 2.12. The first kappa shape index (κ1) is 10.8. The van der Waals surface area contributed by atoms with Crippen molar-refractivity contribution in [3.8, 4) is 17.0 Å². The number of ether oxygens (including phenoxy) is 1. The van der Waals surface area contributed by atoms with Gasteiger partial charge in [-0.2, -0.15) is 0 Å². The first-order valence-electron chi connectivity index (χ1n) is 5.85. The monoisotopic (exact) mass is 243 g/mol. The van der Waals surface area contributed by atoms with Gasteiger partial charge in [0.05, 0.1) is 18.5 Å². The van der Waals surface area contributed by atoms with E-state index in [1.807, 2.05) is 12.1 Å². The fourth-order valence-electron chi connectivity index (χ4n) is 2.12. The van der Waals surface area contributed by atoms with Crippen molar-refractivity contribution in [3.63, 3.8) is 0 Å². The molecule has 1 aromatic heterocycles. The average Bonchev–Trinajstić information content (AvgIpc) is 2.88. The molecule has 0 radical (unpaired) electrons. The molecule has 0 saturated carbocycles. The second kappa shape index (κ2) is 4.18. The lowest BCUT2D eigenvalue weighted by atomic mass is 10.0. The van der Waals surface area contributed by atoms with Crippen LogP contribution in [0.1, 0.15) is 22.6 Å². The molecule has 0 bridgehead atoms. The molecular weight excluding hydrogens is 230 g/mol. The Balaban J connectivity index is 1.98. The molecule has 18 heavy (non-hydrogen) atoms. The van der Waals surface area contributed by atoms with Gasteiger partial charge in [-0.05, 0) is 36.6 Å². The third-order valence-corrected chi connectivity index (χ3v) is 3.03. The lowest BCUT2D eigenvalue weighted by Gasteiger charge is -2.17. The zero-order valence-corrected chi connectivity index (χ0v) is 9.77. The molecule has 5 nitrogen and oxygen atoms in total. The molecule has 0 spiro atoms. The van der Waals surface area contributed by atoms with E-state index in [0.717, 1.165) is 36.5 Å². The standard InChI is InChI=1S/C13H13N3O2/c14-12(17)13-15-7-10(16-13)8-3-4-11-9(6-8)2-1-5-18-11/h3-4,6-7H,1-2,5H2,(H2,14,17)(H,15,16). The molecular formula is C13H13N3O2. The normalized spacial score (nSPS) is 13.8. The molecule has 3 N–H and O–H groups in total. The Morgan fingerprint density at radius 1 is 1.44 bits per heavy atom. The van der Waals surface area contributed by atoms with Gasteiger partial charge < -0.3 is 15.5 Å². The van der Waals surface area contributed by atoms with Crippen LogP contribution < -0.4 is 10.5 Å². The number of H-pyrrole nitrogens is 1. The molecule has 92 valence electrons. The Morgan fingerprint density at radius 3 is 3.11 bits per heavy atom. The van der Waals surface area contributed by atoms with Crippen LogP contribution in [0.15, 0.2) is 24.4 Å². The zero-order chi connectivity index (χ0) is 12.5. The molecule has 0 atom stereocenters. The van der Waals surface area contributed by atoms with Crippen LogP contribution in [0.3, 0.4) is 0 Å². The molecule has 0 saturated heterocycles. The van der Waals surface area contributed by atoms with Crippen molar-refractivity contribution in [1.29, 1.82) is 0 Å². The van der Waals surface area contributed by atoms with Crippen molar-refractivity contribution in [1.82, 2.24) is 9.97 Å². The second-order valence-electron chi connectivity index (χ2n) is 4.28. The minimum Gasteiger partial charge on any atom is -0.493 e. The molecule has 0 aliphatic carbocycles. The SMILES string of the molecule is NC(=O)c1ncc(-c2ccc3c(c2)CCCO3)[nH]1. The summed E-state index contributed by atoms with van der Waals surface area (Å²) < 4.78 is 5.56. The number of amides is 1. The molecule has 1 amide bonds. The highest BCUT2D eigenvalue weighted by molar-refractivity contribution is 5.89. The summed E-state index contributed by atoms with van der Waals surface area (Å²) >= 11 is 0. The maximum atomic E-state index is 11.0. The molecule has 5 heteroatoms. The van der Waals surface area contributed by atoms with Gasteiger partial charge in [0, 0.05) is 5.56 Å². The Morgan fingerprint density at radius 2 is 2.33 bits per heavy atom. The Bertz CT molecular complexity index is 604. The van der Waals surface area contributed by atoms with Crippen molar-refractivity contribution < 1.29 is 9.53 Å². The van der Waals surface area contributed by atoms with Gasteiger partial charge in [-0.3, -0.25) is 4.79 Å². The van der Waals surface area contributed by atoms with Crippen LogP contribution in [0.5, 0.6) is 5.75 Å². The van der Waals surface area contributed by atoms with E-state index in [9.17, 15) is 4.79 Å². The van der Waals surface area contributed by atoms with Gasteiger partial charge in [0.25, 0.3) is 5.91 Å². The highest BCUT2D eigenvalue weighted by Crippen LogP contribution is 2.29. The number of imidazole rings is 1. The minimum absolute atomic E-state index is 0.180. The minimum atomic E-state index is -0.553. The quantitative estimate of drug-likeness (QED) is 0.838. The van der Waals surface area contributed by atoms with Gasteiger partial charge in [0.1, 0.15) is 5.75 Å². The topological polar surface area (TPSA) is 81.0 Å². The number of hydrogen-bond acceptors (Lipinski definition) is 3. The number of carbonyl (C=O) groups is 1. The lowest BCUT2D eigenvalue weighted by Crippen LogP contribution is -2.12. The van der Waals surface area contributed by atoms with Crippen LogP contribution in [0.25, 0.3) is 11.3 Å². The maximum absolute atomic E-state index is 11.0. The van der Waals surface area contributed by atoms with E-state index in [1.165, 1.54) is 5.56 Å². The average molecular weight is 243 g/mol. The maximum Gasteiger partial charge on any atom is 0.284 e. The van der Waals surface area contributed by atoms with Gasteiger partial charge in [0.15, 0.2) is 5.82 Å². The smallest absolute Gasteiger partial charge is 0.284 e. The van der Waals surface area contributed by atoms with Crippen molar-refractivity contribution in [2.75, 3.05) is 6.61 Å². The van der Waals surface area contributed by atoms with Crippen LogP contribution in [0, 0.1) is 0 Å². The Kier molecular flexibility index (Phi) is 2.51. The summed E-state index contributed by atoms with van der Waals surface area (Å²) in [7, 11) is 0. The number of carbonyl (C=O) groups excluding carboxylic acids is 1. The molecule has 0 fully saturated rings. The Hall–Kier alpha value is -2.30. The number of fused-ring (bicyclic) bond motifs is 1. The van der Waals surface area contributed by atoms with Crippen molar-refractivity contribution in [2.24, 2.45) is 5.73 Å². The third kappa shape index (κ3) is 1.84. The number of aromatic nitrogens is 2. The highest BCUT2D eigenvalue weighted by Gasteiger charge is 2.13. The number of aromatic amines is 1. The van der Waals surface area contributed by atoms with Gasteiger partial charge >= 0.3 is 0 Å². The van der Waals surface area contributed by atoms with Crippen molar-refractivity contribution >= 4 is 5.91 Å². The van der Waals surface area contributed by atoms with Gasteiger partial charge in [-0.1, -0.05) is 0 Å².